The molecule has 26 heavy (non-hydrogen) atoms. The van der Waals surface area contributed by atoms with Crippen molar-refractivity contribution in [2.24, 2.45) is 0 Å². The molecule has 2 amide bonds. The number of aromatic amines is 1. The van der Waals surface area contributed by atoms with E-state index in [1.54, 1.807) is 11.1 Å². The molecule has 1 aromatic heterocycles. The summed E-state index contributed by atoms with van der Waals surface area (Å²) >= 11 is 0. The van der Waals surface area contributed by atoms with Crippen LogP contribution in [-0.2, 0) is 22.6 Å². The number of aryl methyl sites for hydroxylation is 3. The van der Waals surface area contributed by atoms with Gasteiger partial charge in [0.2, 0.25) is 11.8 Å². The Labute approximate surface area is 154 Å². The van der Waals surface area contributed by atoms with Crippen molar-refractivity contribution >= 4 is 11.8 Å². The van der Waals surface area contributed by atoms with Crippen LogP contribution >= 0.6 is 0 Å². The molecule has 1 aliphatic rings. The second-order valence-corrected chi connectivity index (χ2v) is 7.01. The van der Waals surface area contributed by atoms with Gasteiger partial charge in [0.05, 0.1) is 12.7 Å². The van der Waals surface area contributed by atoms with Gasteiger partial charge in [0, 0.05) is 32.3 Å². The van der Waals surface area contributed by atoms with Crippen molar-refractivity contribution in [3.8, 4) is 0 Å². The first kappa shape index (κ1) is 18.2. The van der Waals surface area contributed by atoms with Gasteiger partial charge in [-0.15, -0.1) is 0 Å². The van der Waals surface area contributed by atoms with Crippen molar-refractivity contribution in [3.05, 3.63) is 52.8 Å². The van der Waals surface area contributed by atoms with E-state index >= 15 is 0 Å². The summed E-state index contributed by atoms with van der Waals surface area (Å²) in [6.07, 6.45) is 5.69. The normalized spacial score (nSPS) is 14.8. The lowest BCUT2D eigenvalue weighted by atomic mass is 10.1. The maximum absolute atomic E-state index is 12.4. The Balaban J connectivity index is 1.47. The number of rotatable bonds is 6. The molecule has 0 unspecified atom stereocenters. The summed E-state index contributed by atoms with van der Waals surface area (Å²) < 4.78 is 0. The van der Waals surface area contributed by atoms with Gasteiger partial charge in [-0.1, -0.05) is 18.2 Å². The minimum Gasteiger partial charge on any atom is -0.335 e. The number of aromatic nitrogens is 2. The smallest absolute Gasteiger partial charge is 0.242 e. The molecule has 6 nitrogen and oxygen atoms in total. The summed E-state index contributed by atoms with van der Waals surface area (Å²) in [5.41, 5.74) is 4.74. The van der Waals surface area contributed by atoms with Crippen LogP contribution in [0.25, 0.3) is 0 Å². The molecule has 2 heterocycles. The van der Waals surface area contributed by atoms with Gasteiger partial charge in [-0.2, -0.15) is 5.10 Å². The molecular weight excluding hydrogens is 328 g/mol. The minimum absolute atomic E-state index is 0.0256. The SMILES string of the molecule is Cc1ccc(CN2CCN(C(=O)CCCc3cn[nH]c3)CC2=O)cc1C. The first-order valence-corrected chi connectivity index (χ1v) is 9.12. The average molecular weight is 354 g/mol. The molecule has 138 valence electrons. The zero-order chi connectivity index (χ0) is 18.5. The molecule has 0 radical (unpaired) electrons. The van der Waals surface area contributed by atoms with Gasteiger partial charge in [-0.25, -0.2) is 0 Å². The third-order valence-corrected chi connectivity index (χ3v) is 5.03. The number of piperazine rings is 1. The van der Waals surface area contributed by atoms with Crippen molar-refractivity contribution < 1.29 is 9.59 Å². The molecule has 1 aromatic carbocycles. The first-order chi connectivity index (χ1) is 12.5. The molecule has 0 aliphatic carbocycles. The van der Waals surface area contributed by atoms with E-state index in [2.05, 4.69) is 42.2 Å². The average Bonchev–Trinajstić information content (AvgIpc) is 3.13. The molecule has 0 saturated carbocycles. The molecule has 1 aliphatic heterocycles. The molecular formula is C20H26N4O2. The molecule has 0 atom stereocenters. The van der Waals surface area contributed by atoms with Crippen molar-refractivity contribution in [1.29, 1.82) is 0 Å². The Morgan fingerprint density at radius 1 is 1.19 bits per heavy atom. The number of hydrogen-bond donors (Lipinski definition) is 1. The van der Waals surface area contributed by atoms with Gasteiger partial charge in [0.15, 0.2) is 0 Å². The summed E-state index contributed by atoms with van der Waals surface area (Å²) in [6, 6.07) is 6.30. The Bertz CT molecular complexity index is 770. The van der Waals surface area contributed by atoms with E-state index < -0.39 is 0 Å². The van der Waals surface area contributed by atoms with Crippen molar-refractivity contribution in [2.45, 2.75) is 39.7 Å². The molecule has 2 aromatic rings. The van der Waals surface area contributed by atoms with E-state index in [0.29, 0.717) is 26.1 Å². The highest BCUT2D eigenvalue weighted by Gasteiger charge is 2.26. The zero-order valence-electron chi connectivity index (χ0n) is 15.5. The van der Waals surface area contributed by atoms with Crippen LogP contribution in [0.4, 0.5) is 0 Å². The van der Waals surface area contributed by atoms with Crippen LogP contribution in [-0.4, -0.2) is 51.4 Å². The largest absolute Gasteiger partial charge is 0.335 e. The molecule has 1 N–H and O–H groups in total. The van der Waals surface area contributed by atoms with Gasteiger partial charge in [-0.05, 0) is 48.9 Å². The molecule has 0 spiro atoms. The predicted molar refractivity (Wildman–Crippen MR) is 99.4 cm³/mol. The van der Waals surface area contributed by atoms with Gasteiger partial charge in [0.25, 0.3) is 0 Å². The van der Waals surface area contributed by atoms with Gasteiger partial charge in [-0.3, -0.25) is 14.7 Å². The van der Waals surface area contributed by atoms with Crippen molar-refractivity contribution in [1.82, 2.24) is 20.0 Å². The van der Waals surface area contributed by atoms with E-state index in [1.165, 1.54) is 11.1 Å². The van der Waals surface area contributed by atoms with E-state index in [1.807, 2.05) is 11.1 Å². The van der Waals surface area contributed by atoms with E-state index in [0.717, 1.165) is 24.0 Å². The van der Waals surface area contributed by atoms with Crippen LogP contribution < -0.4 is 0 Å². The fraction of sp³-hybridized carbons (Fsp3) is 0.450. The number of benzene rings is 1. The Morgan fingerprint density at radius 2 is 2.04 bits per heavy atom. The number of hydrogen-bond acceptors (Lipinski definition) is 3. The fourth-order valence-electron chi connectivity index (χ4n) is 3.23. The quantitative estimate of drug-likeness (QED) is 0.865. The Kier molecular flexibility index (Phi) is 5.71. The van der Waals surface area contributed by atoms with Gasteiger partial charge >= 0.3 is 0 Å². The molecule has 1 fully saturated rings. The van der Waals surface area contributed by atoms with Crippen molar-refractivity contribution in [2.75, 3.05) is 19.6 Å². The molecule has 1 saturated heterocycles. The summed E-state index contributed by atoms with van der Waals surface area (Å²) in [4.78, 5) is 28.3. The van der Waals surface area contributed by atoms with E-state index in [4.69, 9.17) is 0 Å². The summed E-state index contributed by atoms with van der Waals surface area (Å²) in [7, 11) is 0. The Hall–Kier alpha value is -2.63. The maximum Gasteiger partial charge on any atom is 0.242 e. The molecule has 0 bridgehead atoms. The summed E-state index contributed by atoms with van der Waals surface area (Å²) in [5, 5.41) is 6.67. The van der Waals surface area contributed by atoms with Gasteiger partial charge < -0.3 is 9.80 Å². The first-order valence-electron chi connectivity index (χ1n) is 9.12. The lowest BCUT2D eigenvalue weighted by Crippen LogP contribution is -2.51. The highest BCUT2D eigenvalue weighted by atomic mass is 16.2. The number of amides is 2. The van der Waals surface area contributed by atoms with Crippen LogP contribution in [0.15, 0.2) is 30.6 Å². The number of carbonyl (C=O) groups excluding carboxylic acids is 2. The lowest BCUT2D eigenvalue weighted by molar-refractivity contribution is -0.145. The predicted octanol–water partition coefficient (Wildman–Crippen LogP) is 2.22. The molecule has 3 rings (SSSR count). The third-order valence-electron chi connectivity index (χ3n) is 5.03. The third kappa shape index (κ3) is 4.50. The lowest BCUT2D eigenvalue weighted by Gasteiger charge is -2.34. The van der Waals surface area contributed by atoms with E-state index in [-0.39, 0.29) is 18.4 Å². The maximum atomic E-state index is 12.4. The monoisotopic (exact) mass is 354 g/mol. The zero-order valence-corrected chi connectivity index (χ0v) is 15.5. The minimum atomic E-state index is 0.0256. The second-order valence-electron chi connectivity index (χ2n) is 7.01. The standard InChI is InChI=1S/C20H26N4O2/c1-15-6-7-17(10-16(15)2)13-23-8-9-24(14-20(23)26)19(25)5-3-4-18-11-21-22-12-18/h6-7,10-12H,3-5,8-9,13-14H2,1-2H3,(H,21,22). The van der Waals surface area contributed by atoms with Crippen LogP contribution in [0.3, 0.4) is 0 Å². The van der Waals surface area contributed by atoms with Crippen LogP contribution in [0, 0.1) is 13.8 Å². The van der Waals surface area contributed by atoms with Crippen molar-refractivity contribution in [3.63, 3.8) is 0 Å². The van der Waals surface area contributed by atoms with Gasteiger partial charge in [0.1, 0.15) is 0 Å². The summed E-state index contributed by atoms with van der Waals surface area (Å²) in [5.74, 6) is 0.0883. The molecule has 6 heteroatoms. The highest BCUT2D eigenvalue weighted by Crippen LogP contribution is 2.15. The number of nitrogens with zero attached hydrogens (tertiary/aromatic N) is 3. The van der Waals surface area contributed by atoms with Crippen LogP contribution in [0.2, 0.25) is 0 Å². The van der Waals surface area contributed by atoms with Crippen LogP contribution in [0.5, 0.6) is 0 Å². The van der Waals surface area contributed by atoms with E-state index in [9.17, 15) is 9.59 Å². The Morgan fingerprint density at radius 3 is 2.73 bits per heavy atom. The summed E-state index contributed by atoms with van der Waals surface area (Å²) in [6.45, 7) is 6.18. The fourth-order valence-corrected chi connectivity index (χ4v) is 3.23. The second kappa shape index (κ2) is 8.17. The number of carbonyl (C=O) groups is 2. The number of H-pyrrole nitrogens is 1. The van der Waals surface area contributed by atoms with Crippen LogP contribution in [0.1, 0.15) is 35.1 Å². The topological polar surface area (TPSA) is 69.3 Å². The number of nitrogens with one attached hydrogen (secondary N) is 1. The highest BCUT2D eigenvalue weighted by molar-refractivity contribution is 5.86.